The van der Waals surface area contributed by atoms with Crippen LogP contribution >= 0.6 is 0 Å². The summed E-state index contributed by atoms with van der Waals surface area (Å²) in [4.78, 5) is 13.9. The molecule has 1 N–H and O–H groups in total. The molecule has 2 fully saturated rings. The fourth-order valence-electron chi connectivity index (χ4n) is 2.11. The number of hydrogen-bond acceptors (Lipinski definition) is 4. The van der Waals surface area contributed by atoms with Crippen LogP contribution in [0.2, 0.25) is 0 Å². The van der Waals surface area contributed by atoms with E-state index in [1.165, 1.54) is 0 Å². The molecule has 2 aliphatic rings. The lowest BCUT2D eigenvalue weighted by Gasteiger charge is -2.35. The number of amides is 1. The van der Waals surface area contributed by atoms with E-state index in [4.69, 9.17) is 10.00 Å². The Morgan fingerprint density at radius 3 is 2.50 bits per heavy atom. The van der Waals surface area contributed by atoms with Crippen LogP contribution in [-0.2, 0) is 9.53 Å². The number of ether oxygens (including phenoxy) is 1. The van der Waals surface area contributed by atoms with E-state index in [1.54, 1.807) is 11.1 Å². The molecule has 0 spiro atoms. The first-order valence-electron chi connectivity index (χ1n) is 6.41. The number of nitrogens with one attached hydrogen (secondary N) is 1. The predicted octanol–water partition coefficient (Wildman–Crippen LogP) is 0.782. The van der Waals surface area contributed by atoms with Gasteiger partial charge in [0, 0.05) is 25.3 Å². The van der Waals surface area contributed by atoms with Gasteiger partial charge in [0.05, 0.1) is 12.2 Å². The molecule has 1 amide bonds. The summed E-state index contributed by atoms with van der Waals surface area (Å²) in [5, 5.41) is 12.1. The molecule has 98 valence electrons. The predicted molar refractivity (Wildman–Crippen MR) is 66.4 cm³/mol. The summed E-state index contributed by atoms with van der Waals surface area (Å²) in [6, 6.07) is 2.43. The fourth-order valence-corrected chi connectivity index (χ4v) is 2.11. The third kappa shape index (κ3) is 3.23. The van der Waals surface area contributed by atoms with Crippen molar-refractivity contribution in [1.82, 2.24) is 10.2 Å². The quantitative estimate of drug-likeness (QED) is 0.593. The number of hydrogen-bond donors (Lipinski definition) is 1. The Hall–Kier alpha value is -1.54. The summed E-state index contributed by atoms with van der Waals surface area (Å²) in [6.07, 6.45) is 3.84. The van der Waals surface area contributed by atoms with E-state index in [0.717, 1.165) is 12.8 Å². The van der Waals surface area contributed by atoms with Crippen LogP contribution in [-0.4, -0.2) is 42.1 Å². The third-order valence-electron chi connectivity index (χ3n) is 3.10. The summed E-state index contributed by atoms with van der Waals surface area (Å²) in [5.74, 6) is -0.201. The standard InChI is InChI=1S/C13H19N3O2/c1-9-7-16(8-10(2)18-9)13(17)11(5-14)6-15-12-3-4-12/h6,9-10,12,15H,3-4,7-8H2,1-2H3/b11-6-. The SMILES string of the molecule is CC1CN(C(=O)/C(C#N)=C\NC2CC2)CC(C)O1. The third-order valence-corrected chi connectivity index (χ3v) is 3.10. The normalized spacial score (nSPS) is 28.7. The minimum absolute atomic E-state index is 0.0223. The molecule has 1 saturated heterocycles. The van der Waals surface area contributed by atoms with Gasteiger partial charge in [-0.05, 0) is 26.7 Å². The number of morpholine rings is 1. The monoisotopic (exact) mass is 249 g/mol. The number of carbonyl (C=O) groups is 1. The van der Waals surface area contributed by atoms with Crippen molar-refractivity contribution in [2.24, 2.45) is 0 Å². The van der Waals surface area contributed by atoms with Crippen LogP contribution in [0, 0.1) is 11.3 Å². The van der Waals surface area contributed by atoms with Crippen molar-refractivity contribution in [2.75, 3.05) is 13.1 Å². The van der Waals surface area contributed by atoms with E-state index in [1.807, 2.05) is 19.9 Å². The average Bonchev–Trinajstić information content (AvgIpc) is 3.12. The Bertz CT molecular complexity index is 386. The van der Waals surface area contributed by atoms with Crippen LogP contribution in [0.4, 0.5) is 0 Å². The Kier molecular flexibility index (Phi) is 3.87. The van der Waals surface area contributed by atoms with Gasteiger partial charge in [-0.2, -0.15) is 5.26 Å². The highest BCUT2D eigenvalue weighted by molar-refractivity contribution is 5.97. The summed E-state index contributed by atoms with van der Waals surface area (Å²) in [7, 11) is 0. The summed E-state index contributed by atoms with van der Waals surface area (Å²) in [6.45, 7) is 4.97. The van der Waals surface area contributed by atoms with Crippen LogP contribution in [0.5, 0.6) is 0 Å². The molecule has 1 saturated carbocycles. The molecule has 0 bridgehead atoms. The van der Waals surface area contributed by atoms with Gasteiger partial charge in [-0.3, -0.25) is 4.79 Å². The van der Waals surface area contributed by atoms with Crippen molar-refractivity contribution in [3.63, 3.8) is 0 Å². The second-order valence-corrected chi connectivity index (χ2v) is 5.08. The lowest BCUT2D eigenvalue weighted by molar-refractivity contribution is -0.138. The molecule has 1 aliphatic carbocycles. The maximum absolute atomic E-state index is 12.2. The molecule has 0 aromatic heterocycles. The van der Waals surface area contributed by atoms with Gasteiger partial charge in [0.2, 0.25) is 0 Å². The van der Waals surface area contributed by atoms with Crippen molar-refractivity contribution in [2.45, 2.75) is 44.9 Å². The fraction of sp³-hybridized carbons (Fsp3) is 0.692. The van der Waals surface area contributed by atoms with Gasteiger partial charge in [0.15, 0.2) is 0 Å². The molecule has 2 unspecified atom stereocenters. The molecule has 0 aromatic rings. The molecule has 5 nitrogen and oxygen atoms in total. The minimum Gasteiger partial charge on any atom is -0.387 e. The lowest BCUT2D eigenvalue weighted by atomic mass is 10.2. The summed E-state index contributed by atoms with van der Waals surface area (Å²) < 4.78 is 5.58. The molecule has 1 heterocycles. The number of nitriles is 1. The Balaban J connectivity index is 1.99. The first kappa shape index (κ1) is 12.9. The second kappa shape index (κ2) is 5.40. The van der Waals surface area contributed by atoms with E-state index in [-0.39, 0.29) is 23.7 Å². The molecule has 18 heavy (non-hydrogen) atoms. The van der Waals surface area contributed by atoms with E-state index in [9.17, 15) is 4.79 Å². The first-order chi connectivity index (χ1) is 8.60. The number of carbonyl (C=O) groups excluding carboxylic acids is 1. The van der Waals surface area contributed by atoms with Gasteiger partial charge in [0.25, 0.3) is 5.91 Å². The van der Waals surface area contributed by atoms with Gasteiger partial charge in [0.1, 0.15) is 11.6 Å². The molecule has 0 radical (unpaired) electrons. The highest BCUT2D eigenvalue weighted by Crippen LogP contribution is 2.19. The highest BCUT2D eigenvalue weighted by atomic mass is 16.5. The van der Waals surface area contributed by atoms with Crippen LogP contribution in [0.1, 0.15) is 26.7 Å². The molecular formula is C13H19N3O2. The minimum atomic E-state index is -0.201. The molecule has 2 rings (SSSR count). The molecule has 0 aromatic carbocycles. The summed E-state index contributed by atoms with van der Waals surface area (Å²) in [5.41, 5.74) is 0.184. The van der Waals surface area contributed by atoms with Crippen molar-refractivity contribution in [3.8, 4) is 6.07 Å². The average molecular weight is 249 g/mol. The number of rotatable bonds is 3. The Morgan fingerprint density at radius 2 is 2.00 bits per heavy atom. The Labute approximate surface area is 107 Å². The van der Waals surface area contributed by atoms with Gasteiger partial charge in [-0.1, -0.05) is 0 Å². The van der Waals surface area contributed by atoms with Gasteiger partial charge in [-0.15, -0.1) is 0 Å². The largest absolute Gasteiger partial charge is 0.387 e. The van der Waals surface area contributed by atoms with Gasteiger partial charge in [-0.25, -0.2) is 0 Å². The van der Waals surface area contributed by atoms with Crippen LogP contribution in [0.3, 0.4) is 0 Å². The molecule has 5 heteroatoms. The molecule has 2 atom stereocenters. The van der Waals surface area contributed by atoms with Crippen LogP contribution in [0.15, 0.2) is 11.8 Å². The van der Waals surface area contributed by atoms with Crippen molar-refractivity contribution in [1.29, 1.82) is 5.26 Å². The maximum atomic E-state index is 12.2. The second-order valence-electron chi connectivity index (χ2n) is 5.08. The van der Waals surface area contributed by atoms with E-state index in [2.05, 4.69) is 5.32 Å². The first-order valence-corrected chi connectivity index (χ1v) is 6.41. The molecular weight excluding hydrogens is 230 g/mol. The van der Waals surface area contributed by atoms with E-state index in [0.29, 0.717) is 19.1 Å². The topological polar surface area (TPSA) is 65.4 Å². The smallest absolute Gasteiger partial charge is 0.266 e. The highest BCUT2D eigenvalue weighted by Gasteiger charge is 2.28. The Morgan fingerprint density at radius 1 is 1.39 bits per heavy atom. The van der Waals surface area contributed by atoms with Crippen LogP contribution < -0.4 is 5.32 Å². The van der Waals surface area contributed by atoms with Gasteiger partial charge < -0.3 is 15.0 Å². The number of nitrogens with zero attached hydrogens (tertiary/aromatic N) is 2. The van der Waals surface area contributed by atoms with Crippen LogP contribution in [0.25, 0.3) is 0 Å². The molecule has 1 aliphatic heterocycles. The zero-order valence-corrected chi connectivity index (χ0v) is 10.8. The zero-order chi connectivity index (χ0) is 13.1. The zero-order valence-electron chi connectivity index (χ0n) is 10.8. The van der Waals surface area contributed by atoms with Crippen molar-refractivity contribution >= 4 is 5.91 Å². The van der Waals surface area contributed by atoms with E-state index >= 15 is 0 Å². The van der Waals surface area contributed by atoms with E-state index < -0.39 is 0 Å². The van der Waals surface area contributed by atoms with Crippen molar-refractivity contribution < 1.29 is 9.53 Å². The summed E-state index contributed by atoms with van der Waals surface area (Å²) >= 11 is 0. The lowest BCUT2D eigenvalue weighted by Crippen LogP contribution is -2.48. The van der Waals surface area contributed by atoms with Gasteiger partial charge >= 0.3 is 0 Å². The maximum Gasteiger partial charge on any atom is 0.266 e. The van der Waals surface area contributed by atoms with Crippen molar-refractivity contribution in [3.05, 3.63) is 11.8 Å².